The molecule has 0 aromatic heterocycles. The van der Waals surface area contributed by atoms with Gasteiger partial charge >= 0.3 is 0 Å². The van der Waals surface area contributed by atoms with Crippen molar-refractivity contribution in [3.63, 3.8) is 0 Å². The molecule has 6 heteroatoms. The Hall–Kier alpha value is -0.810. The molecule has 4 nitrogen and oxygen atoms in total. The van der Waals surface area contributed by atoms with Crippen molar-refractivity contribution in [3.8, 4) is 0 Å². The van der Waals surface area contributed by atoms with Crippen molar-refractivity contribution < 1.29 is 4.79 Å². The first-order chi connectivity index (χ1) is 10.6. The van der Waals surface area contributed by atoms with E-state index in [0.717, 1.165) is 38.0 Å². The van der Waals surface area contributed by atoms with Gasteiger partial charge < -0.3 is 10.6 Å². The normalized spacial score (nSPS) is 16.9. The molecule has 1 heterocycles. The minimum atomic E-state index is 0. The fourth-order valence-electron chi connectivity index (χ4n) is 3.16. The van der Waals surface area contributed by atoms with Gasteiger partial charge in [-0.05, 0) is 50.9 Å². The average molecular weight is 376 g/mol. The summed E-state index contributed by atoms with van der Waals surface area (Å²) < 4.78 is 0. The van der Waals surface area contributed by atoms with Gasteiger partial charge in [-0.2, -0.15) is 0 Å². The van der Waals surface area contributed by atoms with Gasteiger partial charge in [-0.15, -0.1) is 24.8 Å². The Balaban J connectivity index is 0.00000264. The van der Waals surface area contributed by atoms with E-state index in [4.69, 9.17) is 5.73 Å². The summed E-state index contributed by atoms with van der Waals surface area (Å²) in [4.78, 5) is 16.9. The molecule has 1 fully saturated rings. The Kier molecular flexibility index (Phi) is 10.6. The highest BCUT2D eigenvalue weighted by molar-refractivity contribution is 5.94. The molecule has 1 aromatic carbocycles. The Morgan fingerprint density at radius 1 is 1.29 bits per heavy atom. The second-order valence-corrected chi connectivity index (χ2v) is 6.38. The van der Waals surface area contributed by atoms with Crippen LogP contribution in [0.5, 0.6) is 0 Å². The van der Waals surface area contributed by atoms with Crippen LogP contribution in [0.15, 0.2) is 24.3 Å². The first-order valence-corrected chi connectivity index (χ1v) is 8.40. The molecule has 0 aliphatic carbocycles. The van der Waals surface area contributed by atoms with Gasteiger partial charge in [-0.25, -0.2) is 0 Å². The molecule has 1 amide bonds. The van der Waals surface area contributed by atoms with Crippen LogP contribution in [-0.4, -0.2) is 47.4 Å². The molecule has 1 unspecified atom stereocenters. The topological polar surface area (TPSA) is 49.6 Å². The van der Waals surface area contributed by atoms with E-state index in [-0.39, 0.29) is 36.8 Å². The average Bonchev–Trinajstić information content (AvgIpc) is 3.00. The van der Waals surface area contributed by atoms with E-state index >= 15 is 0 Å². The maximum absolute atomic E-state index is 12.6. The molecule has 0 radical (unpaired) electrons. The lowest BCUT2D eigenvalue weighted by atomic mass is 10.1. The van der Waals surface area contributed by atoms with Crippen LogP contribution in [0.1, 0.15) is 49.5 Å². The van der Waals surface area contributed by atoms with Crippen LogP contribution in [0.4, 0.5) is 0 Å². The van der Waals surface area contributed by atoms with Gasteiger partial charge in [-0.3, -0.25) is 9.69 Å². The van der Waals surface area contributed by atoms with Gasteiger partial charge in [-0.1, -0.05) is 19.1 Å². The molecule has 24 heavy (non-hydrogen) atoms. The van der Waals surface area contributed by atoms with E-state index in [1.165, 1.54) is 5.56 Å². The quantitative estimate of drug-likeness (QED) is 0.829. The van der Waals surface area contributed by atoms with E-state index in [9.17, 15) is 4.79 Å². The zero-order chi connectivity index (χ0) is 16.1. The molecule has 1 saturated heterocycles. The van der Waals surface area contributed by atoms with Crippen LogP contribution >= 0.6 is 24.8 Å². The number of rotatable bonds is 6. The predicted molar refractivity (Wildman–Crippen MR) is 105 cm³/mol. The van der Waals surface area contributed by atoms with Crippen LogP contribution in [0.25, 0.3) is 0 Å². The summed E-state index contributed by atoms with van der Waals surface area (Å²) in [6, 6.07) is 8.80. The van der Waals surface area contributed by atoms with Crippen molar-refractivity contribution in [2.24, 2.45) is 5.73 Å². The van der Waals surface area contributed by atoms with E-state index in [1.807, 2.05) is 17.0 Å². The van der Waals surface area contributed by atoms with Crippen LogP contribution in [0.2, 0.25) is 0 Å². The lowest BCUT2D eigenvalue weighted by molar-refractivity contribution is 0.0741. The lowest BCUT2D eigenvalue weighted by Crippen LogP contribution is -2.39. The van der Waals surface area contributed by atoms with Crippen LogP contribution in [0.3, 0.4) is 0 Å². The number of amides is 1. The number of benzene rings is 1. The third-order valence-electron chi connectivity index (χ3n) is 4.63. The van der Waals surface area contributed by atoms with E-state index in [0.29, 0.717) is 12.6 Å². The van der Waals surface area contributed by atoms with Crippen LogP contribution < -0.4 is 5.73 Å². The van der Waals surface area contributed by atoms with Gasteiger partial charge in [0.05, 0.1) is 0 Å². The predicted octanol–water partition coefficient (Wildman–Crippen LogP) is 3.32. The maximum atomic E-state index is 12.6. The number of nitrogens with zero attached hydrogens (tertiary/aromatic N) is 2. The van der Waals surface area contributed by atoms with Gasteiger partial charge in [0.2, 0.25) is 0 Å². The molecular formula is C18H31Cl2N3O. The number of likely N-dealkylation sites (tertiary alicyclic amines) is 1. The summed E-state index contributed by atoms with van der Waals surface area (Å²) in [6.45, 7) is 9.95. The van der Waals surface area contributed by atoms with Crippen molar-refractivity contribution in [2.75, 3.05) is 19.6 Å². The van der Waals surface area contributed by atoms with Crippen molar-refractivity contribution in [2.45, 2.75) is 52.2 Å². The number of carbonyl (C=O) groups excluding carboxylic acids is 1. The molecule has 2 N–H and O–H groups in total. The van der Waals surface area contributed by atoms with Crippen LogP contribution in [0, 0.1) is 0 Å². The van der Waals surface area contributed by atoms with Crippen LogP contribution in [-0.2, 0) is 6.54 Å². The molecule has 0 saturated carbocycles. The Labute approximate surface area is 158 Å². The summed E-state index contributed by atoms with van der Waals surface area (Å²) in [5.41, 5.74) is 7.79. The Bertz CT molecular complexity index is 494. The molecule has 1 atom stereocenters. The minimum absolute atomic E-state index is 0. The van der Waals surface area contributed by atoms with E-state index < -0.39 is 0 Å². The smallest absolute Gasteiger partial charge is 0.254 e. The monoisotopic (exact) mass is 375 g/mol. The second-order valence-electron chi connectivity index (χ2n) is 6.38. The molecule has 2 rings (SSSR count). The van der Waals surface area contributed by atoms with E-state index in [1.54, 1.807) is 0 Å². The fourth-order valence-corrected chi connectivity index (χ4v) is 3.16. The van der Waals surface area contributed by atoms with Gasteiger partial charge in [0, 0.05) is 37.3 Å². The van der Waals surface area contributed by atoms with Crippen molar-refractivity contribution in [3.05, 3.63) is 35.4 Å². The zero-order valence-electron chi connectivity index (χ0n) is 14.9. The fraction of sp³-hybridized carbons (Fsp3) is 0.611. The number of nitrogens with two attached hydrogens (primary N) is 1. The molecule has 0 bridgehead atoms. The standard InChI is InChI=1S/C18H29N3O.2ClH/c1-4-20(14(2)3)13-15-7-9-16(10-8-15)18(22)21-11-5-6-17(21)12-19;;/h7-10,14,17H,4-6,11-13,19H2,1-3H3;2*1H. The molecule has 138 valence electrons. The summed E-state index contributed by atoms with van der Waals surface area (Å²) in [6.07, 6.45) is 2.09. The van der Waals surface area contributed by atoms with Gasteiger partial charge in [0.15, 0.2) is 0 Å². The first-order valence-electron chi connectivity index (χ1n) is 8.40. The zero-order valence-corrected chi connectivity index (χ0v) is 16.5. The summed E-state index contributed by atoms with van der Waals surface area (Å²) in [5.74, 6) is 0.121. The number of halogens is 2. The van der Waals surface area contributed by atoms with Crippen molar-refractivity contribution in [1.82, 2.24) is 9.80 Å². The molecule has 1 aliphatic rings. The lowest BCUT2D eigenvalue weighted by Gasteiger charge is -2.25. The summed E-state index contributed by atoms with van der Waals surface area (Å²) in [5, 5.41) is 0. The SMILES string of the molecule is CCN(Cc1ccc(C(=O)N2CCCC2CN)cc1)C(C)C.Cl.Cl. The first kappa shape index (κ1) is 23.2. The number of hydrogen-bond acceptors (Lipinski definition) is 3. The van der Waals surface area contributed by atoms with Gasteiger partial charge in [0.25, 0.3) is 5.91 Å². The third-order valence-corrected chi connectivity index (χ3v) is 4.63. The number of carbonyl (C=O) groups is 1. The Morgan fingerprint density at radius 3 is 2.42 bits per heavy atom. The minimum Gasteiger partial charge on any atom is -0.334 e. The van der Waals surface area contributed by atoms with Gasteiger partial charge in [0.1, 0.15) is 0 Å². The van der Waals surface area contributed by atoms with Crippen molar-refractivity contribution >= 4 is 30.7 Å². The maximum Gasteiger partial charge on any atom is 0.254 e. The number of hydrogen-bond donors (Lipinski definition) is 1. The molecule has 0 spiro atoms. The molecule has 1 aliphatic heterocycles. The summed E-state index contributed by atoms with van der Waals surface area (Å²) in [7, 11) is 0. The highest BCUT2D eigenvalue weighted by atomic mass is 35.5. The highest BCUT2D eigenvalue weighted by Gasteiger charge is 2.28. The third kappa shape index (κ3) is 5.62. The second kappa shape index (κ2) is 10.9. The van der Waals surface area contributed by atoms with Crippen molar-refractivity contribution in [1.29, 1.82) is 0 Å². The largest absolute Gasteiger partial charge is 0.334 e. The highest BCUT2D eigenvalue weighted by Crippen LogP contribution is 2.20. The summed E-state index contributed by atoms with van der Waals surface area (Å²) >= 11 is 0. The van der Waals surface area contributed by atoms with E-state index in [2.05, 4.69) is 37.8 Å². The molecule has 1 aromatic rings. The molecular weight excluding hydrogens is 345 g/mol. The Morgan fingerprint density at radius 2 is 1.92 bits per heavy atom.